The molecule has 2 rings (SSSR count). The van der Waals surface area contributed by atoms with Gasteiger partial charge in [0.2, 0.25) is 5.91 Å². The average molecular weight is 365 g/mol. The minimum Gasteiger partial charge on any atom is -0.367 e. The van der Waals surface area contributed by atoms with Crippen molar-refractivity contribution in [2.24, 2.45) is 0 Å². The first-order chi connectivity index (χ1) is 12.0. The number of anilines is 1. The Morgan fingerprint density at radius 2 is 2.12 bits per heavy atom. The van der Waals surface area contributed by atoms with Crippen LogP contribution in [-0.2, 0) is 11.3 Å². The number of rotatable bonds is 10. The van der Waals surface area contributed by atoms with E-state index in [2.05, 4.69) is 53.4 Å². The van der Waals surface area contributed by atoms with Crippen LogP contribution in [0.25, 0.3) is 11.0 Å². The molecular weight excluding hydrogens is 336 g/mol. The summed E-state index contributed by atoms with van der Waals surface area (Å²) >= 11 is 1.61. The van der Waals surface area contributed by atoms with Gasteiger partial charge in [0.25, 0.3) is 0 Å². The maximum Gasteiger partial charge on any atom is 0.220 e. The first kappa shape index (κ1) is 19.5. The van der Waals surface area contributed by atoms with Crippen LogP contribution >= 0.6 is 11.8 Å². The van der Waals surface area contributed by atoms with Crippen molar-refractivity contribution in [1.82, 2.24) is 25.1 Å². The van der Waals surface area contributed by atoms with Crippen molar-refractivity contribution in [2.75, 3.05) is 17.6 Å². The Hall–Kier alpha value is -1.83. The Morgan fingerprint density at radius 3 is 2.80 bits per heavy atom. The van der Waals surface area contributed by atoms with E-state index < -0.39 is 0 Å². The fraction of sp³-hybridized carbons (Fsp3) is 0.647. The zero-order chi connectivity index (χ0) is 18.2. The second kappa shape index (κ2) is 9.60. The molecule has 25 heavy (non-hydrogen) atoms. The number of aromatic nitrogens is 4. The normalized spacial score (nSPS) is 11.2. The summed E-state index contributed by atoms with van der Waals surface area (Å²) in [5, 5.41) is 12.4. The number of nitrogens with zero attached hydrogens (tertiary/aromatic N) is 4. The molecule has 0 bridgehead atoms. The molecule has 0 fully saturated rings. The third-order valence-electron chi connectivity index (χ3n) is 3.58. The van der Waals surface area contributed by atoms with Gasteiger partial charge >= 0.3 is 0 Å². The summed E-state index contributed by atoms with van der Waals surface area (Å²) < 4.78 is 1.84. The van der Waals surface area contributed by atoms with Crippen LogP contribution < -0.4 is 10.6 Å². The van der Waals surface area contributed by atoms with E-state index in [4.69, 9.17) is 0 Å². The number of nitrogens with one attached hydrogen (secondary N) is 2. The van der Waals surface area contributed by atoms with Gasteiger partial charge in [0, 0.05) is 19.0 Å². The van der Waals surface area contributed by atoms with Crippen molar-refractivity contribution < 1.29 is 4.79 Å². The smallest absolute Gasteiger partial charge is 0.220 e. The van der Waals surface area contributed by atoms with E-state index in [1.165, 1.54) is 0 Å². The number of fused-ring (bicyclic) bond motifs is 1. The maximum absolute atomic E-state index is 11.7. The number of amides is 1. The molecule has 0 atom stereocenters. The van der Waals surface area contributed by atoms with Gasteiger partial charge in [-0.1, -0.05) is 32.0 Å². The molecule has 2 N–H and O–H groups in total. The SMILES string of the molecule is CCCCC(=O)NCCn1ncc2c(NC(C)C)nc(SCC)nc21. The first-order valence-corrected chi connectivity index (χ1v) is 9.93. The molecule has 138 valence electrons. The molecule has 0 saturated carbocycles. The number of carbonyl (C=O) groups excluding carboxylic acids is 1. The largest absolute Gasteiger partial charge is 0.367 e. The second-order valence-corrected chi connectivity index (χ2v) is 7.38. The summed E-state index contributed by atoms with van der Waals surface area (Å²) in [6, 6.07) is 0.277. The Morgan fingerprint density at radius 1 is 1.32 bits per heavy atom. The molecule has 7 nitrogen and oxygen atoms in total. The Bertz CT molecular complexity index is 700. The molecule has 0 aliphatic heterocycles. The Labute approximate surface area is 153 Å². The van der Waals surface area contributed by atoms with Gasteiger partial charge in [0.05, 0.1) is 18.1 Å². The molecule has 8 heteroatoms. The van der Waals surface area contributed by atoms with Crippen molar-refractivity contribution in [2.45, 2.75) is 64.7 Å². The van der Waals surface area contributed by atoms with Crippen molar-refractivity contribution >= 4 is 34.5 Å². The zero-order valence-electron chi connectivity index (χ0n) is 15.5. The predicted molar refractivity (Wildman–Crippen MR) is 103 cm³/mol. The number of thioether (sulfide) groups is 1. The number of unbranched alkanes of at least 4 members (excludes halogenated alkanes) is 1. The van der Waals surface area contributed by atoms with Crippen LogP contribution in [0.4, 0.5) is 5.82 Å². The van der Waals surface area contributed by atoms with Gasteiger partial charge in [-0.25, -0.2) is 14.6 Å². The highest BCUT2D eigenvalue weighted by atomic mass is 32.2. The highest BCUT2D eigenvalue weighted by Crippen LogP contribution is 2.24. The highest BCUT2D eigenvalue weighted by Gasteiger charge is 2.14. The van der Waals surface area contributed by atoms with Gasteiger partial charge in [-0.05, 0) is 26.0 Å². The van der Waals surface area contributed by atoms with E-state index in [0.717, 1.165) is 40.6 Å². The van der Waals surface area contributed by atoms with Gasteiger partial charge in [0.1, 0.15) is 5.82 Å². The van der Waals surface area contributed by atoms with E-state index in [1.807, 2.05) is 4.68 Å². The molecule has 0 aliphatic rings. The fourth-order valence-corrected chi connectivity index (χ4v) is 2.97. The van der Waals surface area contributed by atoms with Crippen molar-refractivity contribution in [3.63, 3.8) is 0 Å². The monoisotopic (exact) mass is 364 g/mol. The number of hydrogen-bond acceptors (Lipinski definition) is 6. The van der Waals surface area contributed by atoms with Crippen LogP contribution in [0.2, 0.25) is 0 Å². The average Bonchev–Trinajstić information content (AvgIpc) is 2.96. The Balaban J connectivity index is 2.14. The van der Waals surface area contributed by atoms with Crippen LogP contribution in [0.1, 0.15) is 47.0 Å². The van der Waals surface area contributed by atoms with Crippen LogP contribution in [0.5, 0.6) is 0 Å². The summed E-state index contributed by atoms with van der Waals surface area (Å²) in [7, 11) is 0. The topological polar surface area (TPSA) is 84.7 Å². The molecule has 0 saturated heterocycles. The molecule has 2 aromatic heterocycles. The zero-order valence-corrected chi connectivity index (χ0v) is 16.3. The third kappa shape index (κ3) is 5.59. The highest BCUT2D eigenvalue weighted by molar-refractivity contribution is 7.99. The molecule has 2 heterocycles. The molecule has 0 spiro atoms. The van der Waals surface area contributed by atoms with Crippen molar-refractivity contribution in [3.8, 4) is 0 Å². The molecule has 1 amide bonds. The minimum atomic E-state index is 0.0947. The Kier molecular flexibility index (Phi) is 7.49. The van der Waals surface area contributed by atoms with E-state index in [-0.39, 0.29) is 11.9 Å². The number of carbonyl (C=O) groups is 1. The summed E-state index contributed by atoms with van der Waals surface area (Å²) in [5.74, 6) is 1.82. The summed E-state index contributed by atoms with van der Waals surface area (Å²) in [5.41, 5.74) is 0.803. The van der Waals surface area contributed by atoms with Gasteiger partial charge in [-0.3, -0.25) is 4.79 Å². The van der Waals surface area contributed by atoms with E-state index in [9.17, 15) is 4.79 Å². The maximum atomic E-state index is 11.7. The van der Waals surface area contributed by atoms with Crippen LogP contribution in [0, 0.1) is 0 Å². The van der Waals surface area contributed by atoms with Gasteiger partial charge in [-0.2, -0.15) is 5.10 Å². The summed E-state index contributed by atoms with van der Waals surface area (Å²) in [6.45, 7) is 9.46. The second-order valence-electron chi connectivity index (χ2n) is 6.15. The van der Waals surface area contributed by atoms with Crippen molar-refractivity contribution in [3.05, 3.63) is 6.20 Å². The standard InChI is InChI=1S/C17H28N6OS/c1-5-7-8-14(24)18-9-10-23-16-13(11-19-23)15(20-12(3)4)21-17(22-16)25-6-2/h11-12H,5-10H2,1-4H3,(H,18,24)(H,20,21,22). The van der Waals surface area contributed by atoms with E-state index in [0.29, 0.717) is 19.5 Å². The quantitative estimate of drug-likeness (QED) is 0.498. The lowest BCUT2D eigenvalue weighted by Crippen LogP contribution is -2.27. The van der Waals surface area contributed by atoms with Crippen LogP contribution in [0.15, 0.2) is 11.4 Å². The van der Waals surface area contributed by atoms with Crippen LogP contribution in [0.3, 0.4) is 0 Å². The lowest BCUT2D eigenvalue weighted by Gasteiger charge is -2.11. The molecule has 0 aromatic carbocycles. The summed E-state index contributed by atoms with van der Waals surface area (Å²) in [4.78, 5) is 21.0. The van der Waals surface area contributed by atoms with Crippen molar-refractivity contribution in [1.29, 1.82) is 0 Å². The van der Waals surface area contributed by atoms with Gasteiger partial charge < -0.3 is 10.6 Å². The third-order valence-corrected chi connectivity index (χ3v) is 4.31. The van der Waals surface area contributed by atoms with Crippen LogP contribution in [-0.4, -0.2) is 44.0 Å². The molecule has 0 radical (unpaired) electrons. The molecule has 0 unspecified atom stereocenters. The minimum absolute atomic E-state index is 0.0947. The molecule has 0 aliphatic carbocycles. The predicted octanol–water partition coefficient (Wildman–Crippen LogP) is 3.07. The van der Waals surface area contributed by atoms with E-state index in [1.54, 1.807) is 18.0 Å². The lowest BCUT2D eigenvalue weighted by molar-refractivity contribution is -0.121. The number of hydrogen-bond donors (Lipinski definition) is 2. The fourth-order valence-electron chi connectivity index (χ4n) is 2.40. The van der Waals surface area contributed by atoms with Gasteiger partial charge in [-0.15, -0.1) is 0 Å². The first-order valence-electron chi connectivity index (χ1n) is 8.94. The van der Waals surface area contributed by atoms with Gasteiger partial charge in [0.15, 0.2) is 10.8 Å². The lowest BCUT2D eigenvalue weighted by atomic mass is 10.2. The van der Waals surface area contributed by atoms with E-state index >= 15 is 0 Å². The summed E-state index contributed by atoms with van der Waals surface area (Å²) in [6.07, 6.45) is 4.32. The molecule has 2 aromatic rings. The molecular formula is C17H28N6OS.